The number of nitrogens with zero attached hydrogens (tertiary/aromatic N) is 1. The lowest BCUT2D eigenvalue weighted by molar-refractivity contribution is 0.432. The van der Waals surface area contributed by atoms with Crippen molar-refractivity contribution in [3.05, 3.63) is 28.5 Å². The lowest BCUT2D eigenvalue weighted by atomic mass is 10.0. The molecule has 2 aromatic rings. The maximum Gasteiger partial charge on any atom is 0.178 e. The van der Waals surface area contributed by atoms with Crippen molar-refractivity contribution >= 4 is 23.3 Å². The second-order valence-electron chi connectivity index (χ2n) is 5.30. The van der Waals surface area contributed by atoms with E-state index in [0.717, 1.165) is 16.7 Å². The third kappa shape index (κ3) is 2.44. The number of nitrogens with one attached hydrogen (secondary N) is 1. The van der Waals surface area contributed by atoms with Crippen LogP contribution in [0, 0.1) is 17.6 Å². The quantitative estimate of drug-likeness (QED) is 0.786. The van der Waals surface area contributed by atoms with E-state index in [1.54, 1.807) is 0 Å². The van der Waals surface area contributed by atoms with Crippen molar-refractivity contribution in [1.82, 2.24) is 9.55 Å². The van der Waals surface area contributed by atoms with Crippen LogP contribution in [-0.4, -0.2) is 9.55 Å². The highest BCUT2D eigenvalue weighted by molar-refractivity contribution is 7.71. The van der Waals surface area contributed by atoms with Crippen LogP contribution in [0.4, 0.5) is 0 Å². The molecule has 0 radical (unpaired) electrons. The van der Waals surface area contributed by atoms with Crippen LogP contribution in [0.25, 0.3) is 11.0 Å². The third-order valence-corrected chi connectivity index (χ3v) is 3.43. The van der Waals surface area contributed by atoms with Crippen molar-refractivity contribution in [3.8, 4) is 0 Å². The Morgan fingerprint density at radius 1 is 1.29 bits per heavy atom. The summed E-state index contributed by atoms with van der Waals surface area (Å²) in [5, 5.41) is 0. The smallest absolute Gasteiger partial charge is 0.178 e. The molecule has 0 aliphatic rings. The fourth-order valence-electron chi connectivity index (χ4n) is 2.46. The molecule has 0 saturated carbocycles. The van der Waals surface area contributed by atoms with Gasteiger partial charge in [-0.05, 0) is 56.1 Å². The van der Waals surface area contributed by atoms with E-state index in [1.807, 2.05) is 0 Å². The van der Waals surface area contributed by atoms with Gasteiger partial charge in [-0.15, -0.1) is 0 Å². The Labute approximate surface area is 108 Å². The molecule has 0 spiro atoms. The van der Waals surface area contributed by atoms with Gasteiger partial charge in [0.2, 0.25) is 0 Å². The highest BCUT2D eigenvalue weighted by atomic mass is 32.1. The molecule has 1 aromatic heterocycles. The van der Waals surface area contributed by atoms with Crippen molar-refractivity contribution in [2.75, 3.05) is 0 Å². The van der Waals surface area contributed by atoms with Crippen molar-refractivity contribution < 1.29 is 0 Å². The monoisotopic (exact) mass is 248 g/mol. The zero-order chi connectivity index (χ0) is 12.6. The lowest BCUT2D eigenvalue weighted by Gasteiger charge is -2.16. The number of aryl methyl sites for hydroxylation is 1. The minimum absolute atomic E-state index is 0.443. The Kier molecular flexibility index (Phi) is 3.38. The fourth-order valence-corrected chi connectivity index (χ4v) is 2.84. The summed E-state index contributed by atoms with van der Waals surface area (Å²) in [5.41, 5.74) is 3.64. The van der Waals surface area contributed by atoms with Gasteiger partial charge in [0.25, 0.3) is 0 Å². The Balaban J connectivity index is 2.55. The predicted octanol–water partition coefficient (Wildman–Crippen LogP) is 4.61. The summed E-state index contributed by atoms with van der Waals surface area (Å²) in [4.78, 5) is 3.29. The van der Waals surface area contributed by atoms with Gasteiger partial charge in [0, 0.05) is 6.04 Å². The zero-order valence-corrected chi connectivity index (χ0v) is 11.8. The van der Waals surface area contributed by atoms with Gasteiger partial charge >= 0.3 is 0 Å². The molecule has 1 unspecified atom stereocenters. The number of rotatable bonds is 3. The molecule has 1 atom stereocenters. The summed E-state index contributed by atoms with van der Waals surface area (Å²) in [6, 6.07) is 6.88. The first-order valence-electron chi connectivity index (χ1n) is 6.20. The molecule has 2 nitrogen and oxygen atoms in total. The van der Waals surface area contributed by atoms with Crippen molar-refractivity contribution in [3.63, 3.8) is 0 Å². The van der Waals surface area contributed by atoms with E-state index < -0.39 is 0 Å². The molecule has 17 heavy (non-hydrogen) atoms. The standard InChI is InChI=1S/C14H20N2S/c1-9(2)7-11(4)16-13-8-10(3)5-6-12(13)15-14(16)17/h5-6,8-9,11H,7H2,1-4H3,(H,15,17). The first-order chi connectivity index (χ1) is 7.99. The summed E-state index contributed by atoms with van der Waals surface area (Å²) in [6.45, 7) is 8.86. The number of imidazole rings is 1. The van der Waals surface area contributed by atoms with Gasteiger partial charge in [0.05, 0.1) is 11.0 Å². The molecular weight excluding hydrogens is 228 g/mol. The summed E-state index contributed by atoms with van der Waals surface area (Å²) in [7, 11) is 0. The first kappa shape index (κ1) is 12.4. The van der Waals surface area contributed by atoms with Crippen LogP contribution < -0.4 is 0 Å². The molecule has 0 aliphatic carbocycles. The second-order valence-corrected chi connectivity index (χ2v) is 5.69. The zero-order valence-electron chi connectivity index (χ0n) is 10.9. The molecule has 1 N–H and O–H groups in total. The SMILES string of the molecule is Cc1ccc2[nH]c(=S)n(C(C)CC(C)C)c2c1. The highest BCUT2D eigenvalue weighted by Crippen LogP contribution is 2.24. The minimum atomic E-state index is 0.443. The Hall–Kier alpha value is -1.09. The molecule has 1 aromatic carbocycles. The van der Waals surface area contributed by atoms with Crippen LogP contribution >= 0.6 is 12.2 Å². The lowest BCUT2D eigenvalue weighted by Crippen LogP contribution is -2.08. The Morgan fingerprint density at radius 2 is 2.00 bits per heavy atom. The average Bonchev–Trinajstić information content (AvgIpc) is 2.52. The molecule has 0 bridgehead atoms. The van der Waals surface area contributed by atoms with Crippen molar-refractivity contribution in [1.29, 1.82) is 0 Å². The Bertz CT molecular complexity index is 577. The average molecular weight is 248 g/mol. The predicted molar refractivity (Wildman–Crippen MR) is 76.0 cm³/mol. The maximum atomic E-state index is 5.43. The van der Waals surface area contributed by atoms with Crippen molar-refractivity contribution in [2.45, 2.75) is 40.2 Å². The van der Waals surface area contributed by atoms with Crippen molar-refractivity contribution in [2.24, 2.45) is 5.92 Å². The van der Waals surface area contributed by atoms with Gasteiger partial charge in [0.15, 0.2) is 4.77 Å². The number of hydrogen-bond donors (Lipinski definition) is 1. The summed E-state index contributed by atoms with van der Waals surface area (Å²) in [6.07, 6.45) is 1.15. The normalized spacial score (nSPS) is 13.5. The van der Waals surface area contributed by atoms with Crippen LogP contribution in [0.1, 0.15) is 38.8 Å². The molecule has 3 heteroatoms. The van der Waals surface area contributed by atoms with E-state index in [1.165, 1.54) is 11.1 Å². The molecule has 92 valence electrons. The number of benzene rings is 1. The van der Waals surface area contributed by atoms with Gasteiger partial charge in [0.1, 0.15) is 0 Å². The summed E-state index contributed by atoms with van der Waals surface area (Å²) < 4.78 is 3.08. The van der Waals surface area contributed by atoms with Gasteiger partial charge in [-0.2, -0.15) is 0 Å². The van der Waals surface area contributed by atoms with Gasteiger partial charge in [-0.1, -0.05) is 19.9 Å². The van der Waals surface area contributed by atoms with Gasteiger partial charge in [-0.3, -0.25) is 0 Å². The third-order valence-electron chi connectivity index (χ3n) is 3.13. The topological polar surface area (TPSA) is 20.7 Å². The molecule has 2 rings (SSSR count). The summed E-state index contributed by atoms with van der Waals surface area (Å²) in [5.74, 6) is 0.682. The van der Waals surface area contributed by atoms with Crippen LogP contribution in [0.15, 0.2) is 18.2 Å². The minimum Gasteiger partial charge on any atom is -0.331 e. The number of hydrogen-bond acceptors (Lipinski definition) is 1. The fraction of sp³-hybridized carbons (Fsp3) is 0.500. The number of aromatic amines is 1. The molecule has 1 heterocycles. The number of H-pyrrole nitrogens is 1. The highest BCUT2D eigenvalue weighted by Gasteiger charge is 2.12. The van der Waals surface area contributed by atoms with Crippen LogP contribution in [0.3, 0.4) is 0 Å². The van der Waals surface area contributed by atoms with E-state index in [-0.39, 0.29) is 0 Å². The molecule has 0 amide bonds. The molecule has 0 saturated heterocycles. The van der Waals surface area contributed by atoms with Gasteiger partial charge in [-0.25, -0.2) is 0 Å². The van der Waals surface area contributed by atoms with Crippen LogP contribution in [-0.2, 0) is 0 Å². The van der Waals surface area contributed by atoms with E-state index in [9.17, 15) is 0 Å². The van der Waals surface area contributed by atoms with Crippen LogP contribution in [0.5, 0.6) is 0 Å². The number of fused-ring (bicyclic) bond motifs is 1. The molecule has 0 fully saturated rings. The molecular formula is C14H20N2S. The van der Waals surface area contributed by atoms with Gasteiger partial charge < -0.3 is 9.55 Å². The maximum absolute atomic E-state index is 5.43. The van der Waals surface area contributed by atoms with Crippen LogP contribution in [0.2, 0.25) is 0 Å². The van der Waals surface area contributed by atoms with E-state index in [0.29, 0.717) is 12.0 Å². The summed E-state index contributed by atoms with van der Waals surface area (Å²) >= 11 is 5.43. The van der Waals surface area contributed by atoms with E-state index >= 15 is 0 Å². The first-order valence-corrected chi connectivity index (χ1v) is 6.60. The molecule has 0 aliphatic heterocycles. The second kappa shape index (κ2) is 4.65. The largest absolute Gasteiger partial charge is 0.331 e. The number of aromatic nitrogens is 2. The Morgan fingerprint density at radius 3 is 2.65 bits per heavy atom. The van der Waals surface area contributed by atoms with E-state index in [4.69, 9.17) is 12.2 Å². The van der Waals surface area contributed by atoms with E-state index in [2.05, 4.69) is 55.4 Å².